The van der Waals surface area contributed by atoms with Gasteiger partial charge in [0.25, 0.3) is 0 Å². The third-order valence-corrected chi connectivity index (χ3v) is 8.31. The summed E-state index contributed by atoms with van der Waals surface area (Å²) in [7, 11) is 6.30. The third kappa shape index (κ3) is 8.77. The molecule has 3 aromatic rings. The number of aryl methyl sites for hydroxylation is 1. The number of carbonyl (C=O) groups excluding carboxylic acids is 2. The predicted molar refractivity (Wildman–Crippen MR) is 167 cm³/mol. The van der Waals surface area contributed by atoms with Crippen LogP contribution in [0.1, 0.15) is 28.2 Å². The van der Waals surface area contributed by atoms with Gasteiger partial charge in [0.15, 0.2) is 11.5 Å². The van der Waals surface area contributed by atoms with Crippen LogP contribution in [0.3, 0.4) is 0 Å². The second kappa shape index (κ2) is 15.5. The van der Waals surface area contributed by atoms with Crippen molar-refractivity contribution in [2.24, 2.45) is 0 Å². The molecule has 1 N–H and O–H groups in total. The molecular formula is C32H41N3O7S. The second-order valence-corrected chi connectivity index (χ2v) is 11.7. The number of nitrogens with one attached hydrogen (secondary N) is 1. The zero-order valence-corrected chi connectivity index (χ0v) is 26.3. The minimum atomic E-state index is -0.404. The minimum Gasteiger partial charge on any atom is -0.497 e. The highest BCUT2D eigenvalue weighted by atomic mass is 32.1. The number of methoxy groups -OCH3 is 4. The fourth-order valence-electron chi connectivity index (χ4n) is 4.96. The molecule has 0 radical (unpaired) electrons. The van der Waals surface area contributed by atoms with Gasteiger partial charge in [-0.05, 0) is 68.1 Å². The molecule has 1 aliphatic rings. The standard InChI is InChI=1S/C32H41N3O7S/c1-22-8-11-26(43-22)20-34(15-14-23-9-13-28(39-3)30(17-23)41-5)31(36)21-35(19-25-7-6-16-42-25)32(37)33-27-12-10-24(38-2)18-29(27)40-4/h8-13,17-18,25H,6-7,14-16,19-21H2,1-5H3,(H,33,37)/t25-/m1/s1. The molecule has 11 heteroatoms. The maximum Gasteiger partial charge on any atom is 0.322 e. The first kappa shape index (κ1) is 32.0. The Labute approximate surface area is 257 Å². The van der Waals surface area contributed by atoms with Crippen LogP contribution in [-0.4, -0.2) is 82.5 Å². The minimum absolute atomic E-state index is 0.0968. The number of hydrogen-bond acceptors (Lipinski definition) is 8. The summed E-state index contributed by atoms with van der Waals surface area (Å²) in [4.78, 5) is 33.2. The van der Waals surface area contributed by atoms with Gasteiger partial charge < -0.3 is 38.8 Å². The number of hydrogen-bond donors (Lipinski definition) is 1. The molecule has 1 aliphatic heterocycles. The predicted octanol–water partition coefficient (Wildman–Crippen LogP) is 5.38. The van der Waals surface area contributed by atoms with Crippen molar-refractivity contribution >= 4 is 29.0 Å². The lowest BCUT2D eigenvalue weighted by Crippen LogP contribution is -2.47. The zero-order chi connectivity index (χ0) is 30.8. The van der Waals surface area contributed by atoms with Gasteiger partial charge in [0, 0.05) is 35.5 Å². The number of rotatable bonds is 14. The molecule has 1 atom stereocenters. The number of thiophene rings is 1. The summed E-state index contributed by atoms with van der Waals surface area (Å²) in [5.74, 6) is 2.20. The van der Waals surface area contributed by atoms with Gasteiger partial charge in [-0.1, -0.05) is 6.07 Å². The Hall–Kier alpha value is -3.96. The fraction of sp³-hybridized carbons (Fsp3) is 0.438. The van der Waals surface area contributed by atoms with E-state index in [1.54, 1.807) is 50.9 Å². The van der Waals surface area contributed by atoms with E-state index in [9.17, 15) is 9.59 Å². The summed E-state index contributed by atoms with van der Waals surface area (Å²) in [6, 6.07) is 14.6. The number of anilines is 1. The molecule has 0 saturated carbocycles. The third-order valence-electron chi connectivity index (χ3n) is 7.33. The summed E-state index contributed by atoms with van der Waals surface area (Å²) in [5.41, 5.74) is 1.50. The molecule has 0 aliphatic carbocycles. The molecule has 0 bridgehead atoms. The van der Waals surface area contributed by atoms with Crippen LogP contribution in [0.4, 0.5) is 10.5 Å². The van der Waals surface area contributed by atoms with Crippen LogP contribution < -0.4 is 24.3 Å². The Morgan fingerprint density at radius 1 is 0.930 bits per heavy atom. The molecule has 0 spiro atoms. The molecule has 1 fully saturated rings. The molecule has 3 amide bonds. The van der Waals surface area contributed by atoms with Gasteiger partial charge in [-0.15, -0.1) is 11.3 Å². The topological polar surface area (TPSA) is 98.8 Å². The van der Waals surface area contributed by atoms with Gasteiger partial charge in [-0.3, -0.25) is 4.79 Å². The van der Waals surface area contributed by atoms with Gasteiger partial charge in [0.1, 0.15) is 18.0 Å². The highest BCUT2D eigenvalue weighted by molar-refractivity contribution is 7.11. The average Bonchev–Trinajstić information content (AvgIpc) is 3.70. The van der Waals surface area contributed by atoms with E-state index in [2.05, 4.69) is 11.4 Å². The van der Waals surface area contributed by atoms with Crippen LogP contribution in [0.15, 0.2) is 48.5 Å². The van der Waals surface area contributed by atoms with Gasteiger partial charge >= 0.3 is 6.03 Å². The summed E-state index contributed by atoms with van der Waals surface area (Å²) >= 11 is 1.66. The molecule has 1 aromatic heterocycles. The van der Waals surface area contributed by atoms with Crippen molar-refractivity contribution in [3.63, 3.8) is 0 Å². The number of ether oxygens (including phenoxy) is 5. The summed E-state index contributed by atoms with van der Waals surface area (Å²) < 4.78 is 27.4. The van der Waals surface area contributed by atoms with Crippen LogP contribution >= 0.6 is 11.3 Å². The molecule has 232 valence electrons. The number of carbonyl (C=O) groups is 2. The monoisotopic (exact) mass is 611 g/mol. The van der Waals surface area contributed by atoms with E-state index in [-0.39, 0.29) is 18.6 Å². The Morgan fingerprint density at radius 2 is 1.72 bits per heavy atom. The summed E-state index contributed by atoms with van der Waals surface area (Å²) in [6.07, 6.45) is 2.24. The molecular weight excluding hydrogens is 570 g/mol. The SMILES string of the molecule is COc1ccc(NC(=O)N(CC(=O)N(CCc2ccc(OC)c(OC)c2)Cc2ccc(C)s2)C[C@H]2CCCO2)c(OC)c1. The molecule has 10 nitrogen and oxygen atoms in total. The summed E-state index contributed by atoms with van der Waals surface area (Å²) in [5, 5.41) is 2.92. The molecule has 2 heterocycles. The van der Waals surface area contributed by atoms with Gasteiger partial charge in [0.05, 0.1) is 46.8 Å². The maximum absolute atomic E-state index is 13.9. The van der Waals surface area contributed by atoms with Gasteiger partial charge in [0.2, 0.25) is 5.91 Å². The van der Waals surface area contributed by atoms with Crippen molar-refractivity contribution in [3.05, 3.63) is 63.8 Å². The van der Waals surface area contributed by atoms with E-state index in [1.165, 1.54) is 16.9 Å². The Morgan fingerprint density at radius 3 is 2.37 bits per heavy atom. The first-order chi connectivity index (χ1) is 20.8. The maximum atomic E-state index is 13.9. The van der Waals surface area contributed by atoms with E-state index in [0.717, 1.165) is 23.3 Å². The summed E-state index contributed by atoms with van der Waals surface area (Å²) in [6.45, 7) is 3.82. The lowest BCUT2D eigenvalue weighted by atomic mass is 10.1. The molecule has 43 heavy (non-hydrogen) atoms. The van der Waals surface area contributed by atoms with E-state index in [1.807, 2.05) is 36.1 Å². The lowest BCUT2D eigenvalue weighted by molar-refractivity contribution is -0.132. The van der Waals surface area contributed by atoms with E-state index in [0.29, 0.717) is 61.3 Å². The number of nitrogens with zero attached hydrogens (tertiary/aromatic N) is 2. The largest absolute Gasteiger partial charge is 0.497 e. The van der Waals surface area contributed by atoms with E-state index in [4.69, 9.17) is 23.7 Å². The Kier molecular flexibility index (Phi) is 11.5. The molecule has 1 saturated heterocycles. The van der Waals surface area contributed by atoms with Crippen molar-refractivity contribution in [2.45, 2.75) is 38.8 Å². The van der Waals surface area contributed by atoms with Crippen LogP contribution in [0, 0.1) is 6.92 Å². The smallest absolute Gasteiger partial charge is 0.322 e. The number of benzene rings is 2. The lowest BCUT2D eigenvalue weighted by Gasteiger charge is -2.29. The first-order valence-corrected chi connectivity index (χ1v) is 15.1. The Bertz CT molecular complexity index is 1370. The normalized spacial score (nSPS) is 14.2. The van der Waals surface area contributed by atoms with Crippen molar-refractivity contribution in [3.8, 4) is 23.0 Å². The zero-order valence-electron chi connectivity index (χ0n) is 25.5. The van der Waals surface area contributed by atoms with Crippen LogP contribution in [-0.2, 0) is 22.5 Å². The number of urea groups is 1. The van der Waals surface area contributed by atoms with Crippen LogP contribution in [0.25, 0.3) is 0 Å². The van der Waals surface area contributed by atoms with Gasteiger partial charge in [-0.25, -0.2) is 4.79 Å². The average molecular weight is 612 g/mol. The fourth-order valence-corrected chi connectivity index (χ4v) is 5.87. The van der Waals surface area contributed by atoms with E-state index >= 15 is 0 Å². The van der Waals surface area contributed by atoms with Gasteiger partial charge in [-0.2, -0.15) is 0 Å². The number of amides is 3. The van der Waals surface area contributed by atoms with E-state index < -0.39 is 6.03 Å². The van der Waals surface area contributed by atoms with Crippen LogP contribution in [0.5, 0.6) is 23.0 Å². The molecule has 2 aromatic carbocycles. The quantitative estimate of drug-likeness (QED) is 0.262. The second-order valence-electron chi connectivity index (χ2n) is 10.3. The Balaban J connectivity index is 1.53. The highest BCUT2D eigenvalue weighted by Gasteiger charge is 2.27. The van der Waals surface area contributed by atoms with Crippen molar-refractivity contribution in [1.29, 1.82) is 0 Å². The first-order valence-electron chi connectivity index (χ1n) is 14.3. The van der Waals surface area contributed by atoms with Crippen molar-refractivity contribution < 1.29 is 33.3 Å². The molecule has 4 rings (SSSR count). The molecule has 0 unspecified atom stereocenters. The highest BCUT2D eigenvalue weighted by Crippen LogP contribution is 2.30. The van der Waals surface area contributed by atoms with Crippen LogP contribution in [0.2, 0.25) is 0 Å². The van der Waals surface area contributed by atoms with Crippen molar-refractivity contribution in [1.82, 2.24) is 9.80 Å². The van der Waals surface area contributed by atoms with Crippen molar-refractivity contribution in [2.75, 3.05) is 60.0 Å².